The molecule has 1 aromatic carbocycles. The van der Waals surface area contributed by atoms with Crippen LogP contribution in [0.3, 0.4) is 0 Å². The molecule has 0 saturated carbocycles. The lowest BCUT2D eigenvalue weighted by Crippen LogP contribution is -2.53. The molecule has 0 saturated heterocycles. The van der Waals surface area contributed by atoms with Gasteiger partial charge in [-0.05, 0) is 37.5 Å². The van der Waals surface area contributed by atoms with Gasteiger partial charge < -0.3 is 10.6 Å². The number of carbonyl (C=O) groups excluding carboxylic acids is 1. The smallest absolute Gasteiger partial charge is 0.220 e. The van der Waals surface area contributed by atoms with Crippen LogP contribution in [-0.2, 0) is 37.3 Å². The predicted octanol–water partition coefficient (Wildman–Crippen LogP) is 2.72. The highest BCUT2D eigenvalue weighted by Crippen LogP contribution is 2.25. The fourth-order valence-electron chi connectivity index (χ4n) is 4.14. The number of rotatable bonds is 6. The van der Waals surface area contributed by atoms with Gasteiger partial charge in [0.2, 0.25) is 5.91 Å². The van der Waals surface area contributed by atoms with Crippen molar-refractivity contribution in [3.8, 4) is 0 Å². The van der Waals surface area contributed by atoms with Crippen molar-refractivity contribution in [1.82, 2.24) is 25.3 Å². The molecule has 8 heteroatoms. The summed E-state index contributed by atoms with van der Waals surface area (Å²) < 4.78 is 2.06. The van der Waals surface area contributed by atoms with Crippen molar-refractivity contribution in [1.29, 1.82) is 0 Å². The van der Waals surface area contributed by atoms with E-state index >= 15 is 0 Å². The van der Waals surface area contributed by atoms with Crippen molar-refractivity contribution in [3.05, 3.63) is 52.8 Å². The van der Waals surface area contributed by atoms with E-state index in [0.717, 1.165) is 44.8 Å². The largest absolute Gasteiger partial charge is 0.354 e. The molecule has 0 fully saturated rings. The van der Waals surface area contributed by atoms with Gasteiger partial charge in [-0.2, -0.15) is 5.10 Å². The van der Waals surface area contributed by atoms with Gasteiger partial charge >= 0.3 is 0 Å². The molecule has 0 atom stereocenters. The molecule has 1 aromatic heterocycles. The molecule has 0 aliphatic carbocycles. The van der Waals surface area contributed by atoms with Gasteiger partial charge in [0, 0.05) is 51.1 Å². The van der Waals surface area contributed by atoms with Crippen molar-refractivity contribution in [3.63, 3.8) is 0 Å². The normalized spacial score (nSPS) is 15.9. The Balaban J connectivity index is 0.00000160. The van der Waals surface area contributed by atoms with Crippen LogP contribution in [0, 0.1) is 0 Å². The van der Waals surface area contributed by atoms with E-state index < -0.39 is 0 Å². The van der Waals surface area contributed by atoms with E-state index in [1.54, 1.807) is 0 Å². The Labute approximate surface area is 191 Å². The zero-order chi connectivity index (χ0) is 19.6. The van der Waals surface area contributed by atoms with Crippen LogP contribution in [0.2, 0.25) is 0 Å². The maximum atomic E-state index is 12.4. The zero-order valence-electron chi connectivity index (χ0n) is 17.8. The summed E-state index contributed by atoms with van der Waals surface area (Å²) in [4.78, 5) is 14.9. The summed E-state index contributed by atoms with van der Waals surface area (Å²) >= 11 is 0. The lowest BCUT2D eigenvalue weighted by Gasteiger charge is -2.41. The number of aryl methyl sites for hydroxylation is 1. The average Bonchev–Trinajstić information content (AvgIpc) is 3.13. The molecule has 0 radical (unpaired) electrons. The maximum Gasteiger partial charge on any atom is 0.220 e. The summed E-state index contributed by atoms with van der Waals surface area (Å²) in [5.41, 5.74) is 5.03. The molecule has 2 N–H and O–H groups in total. The van der Waals surface area contributed by atoms with Crippen LogP contribution >= 0.6 is 24.8 Å². The molecule has 2 aromatic rings. The number of nitrogens with one attached hydrogen (secondary N) is 2. The van der Waals surface area contributed by atoms with Crippen LogP contribution in [0.1, 0.15) is 42.8 Å². The summed E-state index contributed by atoms with van der Waals surface area (Å²) in [6.45, 7) is 9.83. The Hall–Kier alpha value is -1.60. The van der Waals surface area contributed by atoms with Gasteiger partial charge in [-0.25, -0.2) is 0 Å². The molecular weight excluding hydrogens is 421 g/mol. The van der Waals surface area contributed by atoms with E-state index in [0.29, 0.717) is 19.4 Å². The van der Waals surface area contributed by atoms with Crippen LogP contribution in [0.25, 0.3) is 0 Å². The lowest BCUT2D eigenvalue weighted by molar-refractivity contribution is -0.121. The Morgan fingerprint density at radius 1 is 1.20 bits per heavy atom. The number of fused-ring (bicyclic) bond motifs is 2. The van der Waals surface area contributed by atoms with Crippen LogP contribution in [0.15, 0.2) is 30.3 Å². The first kappa shape index (κ1) is 24.7. The van der Waals surface area contributed by atoms with Gasteiger partial charge in [0.05, 0.1) is 17.9 Å². The number of hydrogen-bond donors (Lipinski definition) is 2. The highest BCUT2D eigenvalue weighted by atomic mass is 35.5. The minimum absolute atomic E-state index is 0. The van der Waals surface area contributed by atoms with Crippen molar-refractivity contribution in [2.75, 3.05) is 19.6 Å². The van der Waals surface area contributed by atoms with Crippen LogP contribution < -0.4 is 10.6 Å². The average molecular weight is 454 g/mol. The minimum Gasteiger partial charge on any atom is -0.354 e. The van der Waals surface area contributed by atoms with Crippen molar-refractivity contribution in [2.45, 2.75) is 58.3 Å². The summed E-state index contributed by atoms with van der Waals surface area (Å²) in [7, 11) is 0. The Bertz CT molecular complexity index is 828. The second-order valence-corrected chi connectivity index (χ2v) is 8.56. The maximum absolute atomic E-state index is 12.4. The van der Waals surface area contributed by atoms with E-state index in [1.807, 2.05) is 0 Å². The first-order chi connectivity index (χ1) is 13.5. The summed E-state index contributed by atoms with van der Waals surface area (Å²) in [6.07, 6.45) is 2.26. The third-order valence-corrected chi connectivity index (χ3v) is 6.03. The number of amides is 1. The molecule has 30 heavy (non-hydrogen) atoms. The van der Waals surface area contributed by atoms with Crippen molar-refractivity contribution < 1.29 is 4.79 Å². The van der Waals surface area contributed by atoms with E-state index in [-0.39, 0.29) is 36.3 Å². The first-order valence-corrected chi connectivity index (χ1v) is 10.4. The monoisotopic (exact) mass is 453 g/mol. The van der Waals surface area contributed by atoms with Crippen molar-refractivity contribution >= 4 is 30.7 Å². The first-order valence-electron chi connectivity index (χ1n) is 10.4. The zero-order valence-corrected chi connectivity index (χ0v) is 19.5. The molecule has 3 heterocycles. The van der Waals surface area contributed by atoms with Gasteiger partial charge in [0.15, 0.2) is 0 Å². The number of nitrogens with zero attached hydrogens (tertiary/aromatic N) is 3. The highest BCUT2D eigenvalue weighted by molar-refractivity contribution is 5.85. The summed E-state index contributed by atoms with van der Waals surface area (Å²) in [5, 5.41) is 11.1. The van der Waals surface area contributed by atoms with Crippen molar-refractivity contribution in [2.24, 2.45) is 0 Å². The second kappa shape index (κ2) is 10.6. The molecule has 0 spiro atoms. The number of hydrogen-bond acceptors (Lipinski definition) is 4. The summed E-state index contributed by atoms with van der Waals surface area (Å²) in [5.74, 6) is 0.106. The van der Waals surface area contributed by atoms with Gasteiger partial charge in [-0.15, -0.1) is 24.8 Å². The number of aromatic nitrogens is 2. The molecule has 166 valence electrons. The van der Waals surface area contributed by atoms with E-state index in [4.69, 9.17) is 0 Å². The molecule has 2 aliphatic heterocycles. The number of benzene rings is 1. The van der Waals surface area contributed by atoms with Crippen LogP contribution in [0.4, 0.5) is 0 Å². The molecule has 0 bridgehead atoms. The fourth-order valence-corrected chi connectivity index (χ4v) is 4.14. The van der Waals surface area contributed by atoms with Gasteiger partial charge in [-0.3, -0.25) is 14.4 Å². The van der Waals surface area contributed by atoms with Gasteiger partial charge in [0.1, 0.15) is 0 Å². The minimum atomic E-state index is -0.0671. The van der Waals surface area contributed by atoms with Gasteiger partial charge in [-0.1, -0.05) is 24.3 Å². The molecule has 2 aliphatic rings. The molecule has 4 rings (SSSR count). The predicted molar refractivity (Wildman–Crippen MR) is 124 cm³/mol. The Morgan fingerprint density at radius 2 is 1.97 bits per heavy atom. The van der Waals surface area contributed by atoms with Crippen LogP contribution in [-0.4, -0.2) is 45.8 Å². The molecule has 0 unspecified atom stereocenters. The number of carbonyl (C=O) groups is 1. The SMILES string of the molecule is CC(C)(CNC(=O)CCc1cc2n(n1)CCNC2)N1CCc2ccccc2C1.Cl.Cl. The standard InChI is InChI=1S/C22H31N5O.2ClH/c1-22(2,26-11-9-17-5-3-4-6-18(17)15-26)16-24-21(28)8-7-19-13-20-14-23-10-12-27(20)25-19;;/h3-6,13,23H,7-12,14-16H2,1-2H3,(H,24,28);2*1H. The fraction of sp³-hybridized carbons (Fsp3) is 0.545. The lowest BCUT2D eigenvalue weighted by atomic mass is 9.94. The summed E-state index contributed by atoms with van der Waals surface area (Å²) in [6, 6.07) is 10.8. The highest BCUT2D eigenvalue weighted by Gasteiger charge is 2.30. The molecule has 6 nitrogen and oxygen atoms in total. The molecule has 1 amide bonds. The van der Waals surface area contributed by atoms with Gasteiger partial charge in [0.25, 0.3) is 0 Å². The third kappa shape index (κ3) is 5.76. The number of halogens is 2. The molecular formula is C22H33Cl2N5O. The quantitative estimate of drug-likeness (QED) is 0.705. The van der Waals surface area contributed by atoms with Crippen LogP contribution in [0.5, 0.6) is 0 Å². The Kier molecular flexibility index (Phi) is 8.73. The topological polar surface area (TPSA) is 62.2 Å². The Morgan fingerprint density at radius 3 is 2.73 bits per heavy atom. The van der Waals surface area contributed by atoms with E-state index in [1.165, 1.54) is 16.8 Å². The van der Waals surface area contributed by atoms with E-state index in [2.05, 4.69) is 69.5 Å². The van der Waals surface area contributed by atoms with E-state index in [9.17, 15) is 4.79 Å². The third-order valence-electron chi connectivity index (χ3n) is 6.03. The second-order valence-electron chi connectivity index (χ2n) is 8.56.